The van der Waals surface area contributed by atoms with Gasteiger partial charge in [-0.15, -0.1) is 0 Å². The Bertz CT molecular complexity index is 1010. The van der Waals surface area contributed by atoms with Crippen LogP contribution in [0.15, 0.2) is 23.1 Å². The van der Waals surface area contributed by atoms with Gasteiger partial charge in [0.1, 0.15) is 5.82 Å². The number of sulfonamides is 1. The van der Waals surface area contributed by atoms with Gasteiger partial charge in [-0.25, -0.2) is 18.2 Å². The molecule has 0 bridgehead atoms. The van der Waals surface area contributed by atoms with Gasteiger partial charge in [-0.1, -0.05) is 20.8 Å². The summed E-state index contributed by atoms with van der Waals surface area (Å²) >= 11 is 0. The summed E-state index contributed by atoms with van der Waals surface area (Å²) in [5, 5.41) is 2.93. The first-order valence-corrected chi connectivity index (χ1v) is 12.5. The number of benzene rings is 1. The third-order valence-corrected chi connectivity index (χ3v) is 7.88. The zero-order valence-corrected chi connectivity index (χ0v) is 19.8. The lowest BCUT2D eigenvalue weighted by Gasteiger charge is -2.34. The fourth-order valence-electron chi connectivity index (χ4n) is 3.90. The zero-order chi connectivity index (χ0) is 22.6. The second kappa shape index (κ2) is 9.97. The third kappa shape index (κ3) is 5.02. The number of piperazine rings is 1. The molecule has 1 aliphatic heterocycles. The lowest BCUT2D eigenvalue weighted by Crippen LogP contribution is -2.51. The van der Waals surface area contributed by atoms with Gasteiger partial charge in [0.05, 0.1) is 22.5 Å². The van der Waals surface area contributed by atoms with Crippen molar-refractivity contribution in [1.82, 2.24) is 29.0 Å². The molecule has 0 radical (unpaired) electrons. The van der Waals surface area contributed by atoms with Crippen molar-refractivity contribution in [3.63, 3.8) is 0 Å². The van der Waals surface area contributed by atoms with Gasteiger partial charge in [0.15, 0.2) is 0 Å². The molecule has 31 heavy (non-hydrogen) atoms. The minimum Gasteiger partial charge on any atom is -0.338 e. The van der Waals surface area contributed by atoms with Crippen molar-refractivity contribution in [2.45, 2.75) is 38.6 Å². The Morgan fingerprint density at radius 1 is 1.13 bits per heavy atom. The van der Waals surface area contributed by atoms with Gasteiger partial charge >= 0.3 is 6.03 Å². The number of nitrogens with zero attached hydrogens (tertiary/aromatic N) is 5. The summed E-state index contributed by atoms with van der Waals surface area (Å²) in [6, 6.07) is 5.17. The van der Waals surface area contributed by atoms with Crippen molar-refractivity contribution in [3.8, 4) is 0 Å². The number of hydrogen-bond donors (Lipinski definition) is 1. The standard InChI is InChI=1S/C21H34N6O3S/c1-5-10-22-21(28)26-13-11-25(12-14-26)16-20-23-18-15-17(8-9-19(18)24(20)4)31(29,30)27(6-2)7-3/h8-9,15H,5-7,10-14,16H2,1-4H3,(H,22,28). The number of fused-ring (bicyclic) bond motifs is 1. The van der Waals surface area contributed by atoms with Gasteiger partial charge in [0.2, 0.25) is 10.0 Å². The van der Waals surface area contributed by atoms with Crippen molar-refractivity contribution in [3.05, 3.63) is 24.0 Å². The van der Waals surface area contributed by atoms with Crippen LogP contribution < -0.4 is 5.32 Å². The molecular weight excluding hydrogens is 416 g/mol. The Hall–Kier alpha value is -2.17. The maximum Gasteiger partial charge on any atom is 0.317 e. The molecule has 0 aliphatic carbocycles. The van der Waals surface area contributed by atoms with E-state index in [-0.39, 0.29) is 10.9 Å². The van der Waals surface area contributed by atoms with Crippen LogP contribution in [0.2, 0.25) is 0 Å². The largest absolute Gasteiger partial charge is 0.338 e. The van der Waals surface area contributed by atoms with Gasteiger partial charge in [-0.3, -0.25) is 4.90 Å². The molecule has 172 valence electrons. The molecule has 1 aliphatic rings. The van der Waals surface area contributed by atoms with Crippen LogP contribution in [0, 0.1) is 0 Å². The molecule has 2 amide bonds. The van der Waals surface area contributed by atoms with E-state index in [9.17, 15) is 13.2 Å². The highest BCUT2D eigenvalue weighted by molar-refractivity contribution is 7.89. The number of carbonyl (C=O) groups is 1. The summed E-state index contributed by atoms with van der Waals surface area (Å²) in [7, 11) is -1.56. The normalized spacial score (nSPS) is 15.7. The molecule has 1 aromatic carbocycles. The summed E-state index contributed by atoms with van der Waals surface area (Å²) in [6.45, 7) is 10.9. The molecule has 0 unspecified atom stereocenters. The van der Waals surface area contributed by atoms with Crippen molar-refractivity contribution >= 4 is 27.1 Å². The van der Waals surface area contributed by atoms with Gasteiger partial charge in [-0.05, 0) is 24.6 Å². The van der Waals surface area contributed by atoms with Crippen LogP contribution in [0.25, 0.3) is 11.0 Å². The number of urea groups is 1. The van der Waals surface area contributed by atoms with E-state index >= 15 is 0 Å². The third-order valence-electron chi connectivity index (χ3n) is 5.84. The highest BCUT2D eigenvalue weighted by Crippen LogP contribution is 2.23. The van der Waals surface area contributed by atoms with E-state index in [1.807, 2.05) is 43.4 Å². The number of hydrogen-bond acceptors (Lipinski definition) is 5. The van der Waals surface area contributed by atoms with E-state index < -0.39 is 10.0 Å². The molecule has 10 heteroatoms. The number of nitrogens with one attached hydrogen (secondary N) is 1. The number of aryl methyl sites for hydroxylation is 1. The van der Waals surface area contributed by atoms with Crippen molar-refractivity contribution in [1.29, 1.82) is 0 Å². The minimum absolute atomic E-state index is 0.00571. The summed E-state index contributed by atoms with van der Waals surface area (Å²) in [4.78, 5) is 21.3. The topological polar surface area (TPSA) is 90.8 Å². The van der Waals surface area contributed by atoms with Gasteiger partial charge in [-0.2, -0.15) is 4.31 Å². The van der Waals surface area contributed by atoms with Crippen LogP contribution in [0.3, 0.4) is 0 Å². The van der Waals surface area contributed by atoms with Crippen molar-refractivity contribution in [2.75, 3.05) is 45.8 Å². The Labute approximate surface area is 185 Å². The van der Waals surface area contributed by atoms with Crippen LogP contribution >= 0.6 is 0 Å². The van der Waals surface area contributed by atoms with E-state index in [0.29, 0.717) is 44.8 Å². The summed E-state index contributed by atoms with van der Waals surface area (Å²) in [5.74, 6) is 0.885. The average molecular weight is 451 g/mol. The average Bonchev–Trinajstić information content (AvgIpc) is 3.08. The molecule has 1 N–H and O–H groups in total. The van der Waals surface area contributed by atoms with E-state index in [1.165, 1.54) is 4.31 Å². The first-order valence-electron chi connectivity index (χ1n) is 11.0. The Morgan fingerprint density at radius 2 is 1.81 bits per heavy atom. The monoisotopic (exact) mass is 450 g/mol. The van der Waals surface area contributed by atoms with E-state index in [0.717, 1.165) is 30.9 Å². The number of amides is 2. The Kier molecular flexibility index (Phi) is 7.55. The highest BCUT2D eigenvalue weighted by Gasteiger charge is 2.24. The van der Waals surface area contributed by atoms with Crippen LogP contribution in [0.1, 0.15) is 33.0 Å². The molecule has 3 rings (SSSR count). The molecule has 2 aromatic rings. The molecule has 1 aromatic heterocycles. The van der Waals surface area contributed by atoms with E-state index in [1.54, 1.807) is 12.1 Å². The molecule has 0 spiro atoms. The first kappa shape index (κ1) is 23.5. The van der Waals surface area contributed by atoms with Crippen LogP contribution in [0.5, 0.6) is 0 Å². The molecule has 0 saturated carbocycles. The number of carbonyl (C=O) groups excluding carboxylic acids is 1. The number of imidazole rings is 1. The highest BCUT2D eigenvalue weighted by atomic mass is 32.2. The van der Waals surface area contributed by atoms with Gasteiger partial charge in [0, 0.05) is 52.9 Å². The molecule has 1 fully saturated rings. The molecule has 1 saturated heterocycles. The zero-order valence-electron chi connectivity index (χ0n) is 19.0. The first-order chi connectivity index (χ1) is 14.8. The Morgan fingerprint density at radius 3 is 2.42 bits per heavy atom. The molecule has 9 nitrogen and oxygen atoms in total. The quantitative estimate of drug-likeness (QED) is 0.663. The summed E-state index contributed by atoms with van der Waals surface area (Å²) in [5.41, 5.74) is 1.59. The van der Waals surface area contributed by atoms with E-state index in [2.05, 4.69) is 10.2 Å². The predicted octanol–water partition coefficient (Wildman–Crippen LogP) is 1.84. The van der Waals surface area contributed by atoms with Gasteiger partial charge < -0.3 is 14.8 Å². The smallest absolute Gasteiger partial charge is 0.317 e. The lowest BCUT2D eigenvalue weighted by atomic mass is 10.3. The van der Waals surface area contributed by atoms with Crippen LogP contribution in [0.4, 0.5) is 4.79 Å². The summed E-state index contributed by atoms with van der Waals surface area (Å²) in [6.07, 6.45) is 0.927. The van der Waals surface area contributed by atoms with Crippen molar-refractivity contribution < 1.29 is 13.2 Å². The Balaban J connectivity index is 1.72. The maximum absolute atomic E-state index is 12.8. The van der Waals surface area contributed by atoms with Crippen molar-refractivity contribution in [2.24, 2.45) is 7.05 Å². The minimum atomic E-state index is -3.51. The lowest BCUT2D eigenvalue weighted by molar-refractivity contribution is 0.133. The van der Waals surface area contributed by atoms with Crippen LogP contribution in [-0.4, -0.2) is 83.9 Å². The predicted molar refractivity (Wildman–Crippen MR) is 121 cm³/mol. The number of rotatable bonds is 8. The summed E-state index contributed by atoms with van der Waals surface area (Å²) < 4.78 is 29.2. The molecular formula is C21H34N6O3S. The second-order valence-corrected chi connectivity index (χ2v) is 9.76. The molecule has 0 atom stereocenters. The number of aromatic nitrogens is 2. The molecule has 2 heterocycles. The van der Waals surface area contributed by atoms with E-state index in [4.69, 9.17) is 4.98 Å². The fourth-order valence-corrected chi connectivity index (χ4v) is 5.38. The van der Waals surface area contributed by atoms with Crippen LogP contribution in [-0.2, 0) is 23.6 Å². The maximum atomic E-state index is 12.8. The SMILES string of the molecule is CCCNC(=O)N1CCN(Cc2nc3cc(S(=O)(=O)N(CC)CC)ccc3n2C)CC1. The second-order valence-electron chi connectivity index (χ2n) is 7.82. The fraction of sp³-hybridized carbons (Fsp3) is 0.619. The van der Waals surface area contributed by atoms with Gasteiger partial charge in [0.25, 0.3) is 0 Å².